The maximum Gasteiger partial charge on any atom is 0.238 e. The summed E-state index contributed by atoms with van der Waals surface area (Å²) in [6.45, 7) is 3.38. The van der Waals surface area contributed by atoms with Crippen molar-refractivity contribution in [1.82, 2.24) is 14.6 Å². The Balaban J connectivity index is 2.41. The van der Waals surface area contributed by atoms with E-state index in [-0.39, 0.29) is 5.91 Å². The zero-order valence-corrected chi connectivity index (χ0v) is 10.1. The van der Waals surface area contributed by atoms with Gasteiger partial charge in [0.15, 0.2) is 0 Å². The molecule has 0 saturated carbocycles. The van der Waals surface area contributed by atoms with Crippen molar-refractivity contribution in [2.75, 3.05) is 12.1 Å². The van der Waals surface area contributed by atoms with E-state index in [4.69, 9.17) is 0 Å². The SMILES string of the molecule is CC(=O)N(C)n1cc(-c2cccnc2)nc1C. The van der Waals surface area contributed by atoms with Gasteiger partial charge in [0.25, 0.3) is 0 Å². The van der Waals surface area contributed by atoms with Crippen molar-refractivity contribution in [3.63, 3.8) is 0 Å². The van der Waals surface area contributed by atoms with Gasteiger partial charge >= 0.3 is 0 Å². The molecule has 0 unspecified atom stereocenters. The summed E-state index contributed by atoms with van der Waals surface area (Å²) in [7, 11) is 1.71. The standard InChI is InChI=1S/C12H14N4O/c1-9-14-12(11-5-4-6-13-7-11)8-16(9)15(3)10(2)17/h4-8H,1-3H3. The Bertz CT molecular complexity index is 533. The number of hydrogen-bond donors (Lipinski definition) is 0. The maximum absolute atomic E-state index is 11.3. The highest BCUT2D eigenvalue weighted by molar-refractivity contribution is 5.83. The summed E-state index contributed by atoms with van der Waals surface area (Å²) in [4.78, 5) is 19.8. The first-order valence-corrected chi connectivity index (χ1v) is 5.30. The molecule has 0 fully saturated rings. The average Bonchev–Trinajstić information content (AvgIpc) is 2.71. The van der Waals surface area contributed by atoms with E-state index in [0.29, 0.717) is 0 Å². The van der Waals surface area contributed by atoms with Crippen LogP contribution in [0.1, 0.15) is 12.7 Å². The molecule has 5 heteroatoms. The molecule has 0 radical (unpaired) electrons. The quantitative estimate of drug-likeness (QED) is 0.783. The van der Waals surface area contributed by atoms with Crippen LogP contribution in [0.15, 0.2) is 30.7 Å². The monoisotopic (exact) mass is 230 g/mol. The Morgan fingerprint density at radius 3 is 2.82 bits per heavy atom. The number of rotatable bonds is 2. The molecule has 0 atom stereocenters. The van der Waals surface area contributed by atoms with Gasteiger partial charge in [0.2, 0.25) is 5.91 Å². The van der Waals surface area contributed by atoms with Crippen LogP contribution in [0.2, 0.25) is 0 Å². The van der Waals surface area contributed by atoms with Crippen molar-refractivity contribution in [3.05, 3.63) is 36.5 Å². The summed E-state index contributed by atoms with van der Waals surface area (Å²) in [6, 6.07) is 3.80. The van der Waals surface area contributed by atoms with Gasteiger partial charge < -0.3 is 0 Å². The van der Waals surface area contributed by atoms with Crippen LogP contribution < -0.4 is 5.01 Å². The van der Waals surface area contributed by atoms with Gasteiger partial charge in [0.1, 0.15) is 5.82 Å². The fourth-order valence-electron chi connectivity index (χ4n) is 1.57. The van der Waals surface area contributed by atoms with Crippen LogP contribution in [0.5, 0.6) is 0 Å². The summed E-state index contributed by atoms with van der Waals surface area (Å²) in [5, 5.41) is 1.52. The number of aryl methyl sites for hydroxylation is 1. The average molecular weight is 230 g/mol. The third kappa shape index (κ3) is 2.18. The minimum atomic E-state index is -0.0387. The van der Waals surface area contributed by atoms with E-state index in [9.17, 15) is 4.79 Å². The molecule has 0 aliphatic rings. The zero-order valence-electron chi connectivity index (χ0n) is 10.1. The summed E-state index contributed by atoms with van der Waals surface area (Å²) < 4.78 is 1.73. The first-order chi connectivity index (χ1) is 8.09. The molecule has 88 valence electrons. The molecular formula is C12H14N4O. The van der Waals surface area contributed by atoms with Gasteiger partial charge in [-0.3, -0.25) is 14.8 Å². The highest BCUT2D eigenvalue weighted by Crippen LogP contribution is 2.16. The number of imidazole rings is 1. The third-order valence-corrected chi connectivity index (χ3v) is 2.59. The summed E-state index contributed by atoms with van der Waals surface area (Å²) in [6.07, 6.45) is 5.29. The summed E-state index contributed by atoms with van der Waals surface area (Å²) in [5.41, 5.74) is 1.75. The summed E-state index contributed by atoms with van der Waals surface area (Å²) >= 11 is 0. The fourth-order valence-corrected chi connectivity index (χ4v) is 1.57. The van der Waals surface area contributed by atoms with E-state index in [1.165, 1.54) is 11.9 Å². The van der Waals surface area contributed by atoms with E-state index in [1.54, 1.807) is 24.1 Å². The van der Waals surface area contributed by atoms with Crippen LogP contribution in [-0.4, -0.2) is 27.6 Å². The number of hydrogen-bond acceptors (Lipinski definition) is 3. The number of nitrogens with zero attached hydrogens (tertiary/aromatic N) is 4. The molecule has 0 aliphatic heterocycles. The molecule has 0 spiro atoms. The lowest BCUT2D eigenvalue weighted by molar-refractivity contribution is -0.117. The van der Waals surface area contributed by atoms with E-state index in [0.717, 1.165) is 17.1 Å². The number of carbonyl (C=O) groups is 1. The van der Waals surface area contributed by atoms with Crippen LogP contribution in [0, 0.1) is 6.92 Å². The topological polar surface area (TPSA) is 51.0 Å². The normalized spacial score (nSPS) is 10.3. The molecule has 2 rings (SSSR count). The molecule has 0 N–H and O–H groups in total. The van der Waals surface area contributed by atoms with Gasteiger partial charge in [-0.15, -0.1) is 0 Å². The van der Waals surface area contributed by atoms with Gasteiger partial charge in [0, 0.05) is 31.9 Å². The molecule has 2 heterocycles. The molecule has 0 aromatic carbocycles. The molecular weight excluding hydrogens is 216 g/mol. The predicted molar refractivity (Wildman–Crippen MR) is 65.0 cm³/mol. The largest absolute Gasteiger partial charge is 0.273 e. The van der Waals surface area contributed by atoms with Crippen molar-refractivity contribution in [3.8, 4) is 11.3 Å². The lowest BCUT2D eigenvalue weighted by Crippen LogP contribution is -2.34. The second-order valence-electron chi connectivity index (χ2n) is 3.80. The van der Waals surface area contributed by atoms with Crippen LogP contribution in [-0.2, 0) is 4.79 Å². The lowest BCUT2D eigenvalue weighted by Gasteiger charge is -2.16. The first kappa shape index (κ1) is 11.3. The van der Waals surface area contributed by atoms with Crippen molar-refractivity contribution in [1.29, 1.82) is 0 Å². The molecule has 5 nitrogen and oxygen atoms in total. The maximum atomic E-state index is 11.3. The second kappa shape index (κ2) is 4.37. The smallest absolute Gasteiger partial charge is 0.238 e. The number of aromatic nitrogens is 3. The molecule has 2 aromatic rings. The van der Waals surface area contributed by atoms with Gasteiger partial charge in [0.05, 0.1) is 11.9 Å². The molecule has 17 heavy (non-hydrogen) atoms. The van der Waals surface area contributed by atoms with Crippen molar-refractivity contribution < 1.29 is 4.79 Å². The molecule has 0 bridgehead atoms. The van der Waals surface area contributed by atoms with Crippen LogP contribution >= 0.6 is 0 Å². The van der Waals surface area contributed by atoms with Gasteiger partial charge in [-0.25, -0.2) is 9.66 Å². The van der Waals surface area contributed by atoms with Crippen LogP contribution in [0.25, 0.3) is 11.3 Å². The Morgan fingerprint density at radius 2 is 2.24 bits per heavy atom. The van der Waals surface area contributed by atoms with E-state index < -0.39 is 0 Å². The molecule has 1 amide bonds. The van der Waals surface area contributed by atoms with Gasteiger partial charge in [-0.2, -0.15) is 0 Å². The zero-order chi connectivity index (χ0) is 12.4. The highest BCUT2D eigenvalue weighted by atomic mass is 16.2. The van der Waals surface area contributed by atoms with Crippen LogP contribution in [0.4, 0.5) is 0 Å². The van der Waals surface area contributed by atoms with Gasteiger partial charge in [-0.1, -0.05) is 0 Å². The van der Waals surface area contributed by atoms with Crippen molar-refractivity contribution in [2.24, 2.45) is 0 Å². The van der Waals surface area contributed by atoms with E-state index in [2.05, 4.69) is 9.97 Å². The summed E-state index contributed by atoms with van der Waals surface area (Å²) in [5.74, 6) is 0.727. The second-order valence-corrected chi connectivity index (χ2v) is 3.80. The fraction of sp³-hybridized carbons (Fsp3) is 0.250. The number of pyridine rings is 1. The van der Waals surface area contributed by atoms with Crippen molar-refractivity contribution in [2.45, 2.75) is 13.8 Å². The number of carbonyl (C=O) groups excluding carboxylic acids is 1. The Labute approximate surface area is 99.7 Å². The van der Waals surface area contributed by atoms with E-state index >= 15 is 0 Å². The minimum Gasteiger partial charge on any atom is -0.273 e. The Kier molecular flexibility index (Phi) is 2.91. The molecule has 0 saturated heterocycles. The van der Waals surface area contributed by atoms with Crippen LogP contribution in [0.3, 0.4) is 0 Å². The Morgan fingerprint density at radius 1 is 1.47 bits per heavy atom. The molecule has 0 aliphatic carbocycles. The number of amides is 1. The Hall–Kier alpha value is -2.17. The lowest BCUT2D eigenvalue weighted by atomic mass is 10.2. The first-order valence-electron chi connectivity index (χ1n) is 5.30. The third-order valence-electron chi connectivity index (χ3n) is 2.59. The highest BCUT2D eigenvalue weighted by Gasteiger charge is 2.11. The van der Waals surface area contributed by atoms with Crippen molar-refractivity contribution >= 4 is 5.91 Å². The van der Waals surface area contributed by atoms with Gasteiger partial charge in [-0.05, 0) is 19.1 Å². The predicted octanol–water partition coefficient (Wildman–Crippen LogP) is 1.37. The minimum absolute atomic E-state index is 0.0387. The van der Waals surface area contributed by atoms with E-state index in [1.807, 2.05) is 25.3 Å². The molecule has 2 aromatic heterocycles.